The number of anilines is 1. The topological polar surface area (TPSA) is 73.0 Å². The van der Waals surface area contributed by atoms with Crippen LogP contribution in [0.25, 0.3) is 28.3 Å². The van der Waals surface area contributed by atoms with Crippen molar-refractivity contribution in [3.63, 3.8) is 0 Å². The average Bonchev–Trinajstić information content (AvgIpc) is 3.44. The maximum atomic E-state index is 13.1. The molecular weight excluding hydrogens is 443 g/mol. The summed E-state index contributed by atoms with van der Waals surface area (Å²) < 4.78 is 21.0. The summed E-state index contributed by atoms with van der Waals surface area (Å²) >= 11 is 6.05. The Morgan fingerprint density at radius 1 is 1.03 bits per heavy atom. The van der Waals surface area contributed by atoms with Gasteiger partial charge in [-0.25, -0.2) is 9.37 Å². The number of nitrogens with one attached hydrogen (secondary N) is 1. The minimum Gasteiger partial charge on any atom is -0.427 e. The van der Waals surface area contributed by atoms with Gasteiger partial charge in [0.2, 0.25) is 5.91 Å². The third-order valence-corrected chi connectivity index (χ3v) is 5.42. The molecule has 8 heteroatoms. The summed E-state index contributed by atoms with van der Waals surface area (Å²) in [6, 6.07) is 21.0. The molecule has 0 bridgehead atoms. The third-order valence-electron chi connectivity index (χ3n) is 5.17. The highest BCUT2D eigenvalue weighted by Gasteiger charge is 2.19. The molecule has 33 heavy (non-hydrogen) atoms. The molecule has 164 valence electrons. The first-order valence-corrected chi connectivity index (χ1v) is 10.7. The molecule has 1 amide bonds. The lowest BCUT2D eigenvalue weighted by atomic mass is 10.1. The van der Waals surface area contributed by atoms with E-state index in [0.717, 1.165) is 16.6 Å². The molecule has 0 aliphatic heterocycles. The lowest BCUT2D eigenvalue weighted by Crippen LogP contribution is -2.12. The molecule has 0 spiro atoms. The van der Waals surface area contributed by atoms with E-state index in [2.05, 4.69) is 10.3 Å². The number of para-hydroxylation sites is 2. The zero-order valence-corrected chi connectivity index (χ0v) is 18.1. The van der Waals surface area contributed by atoms with Gasteiger partial charge in [-0.3, -0.25) is 9.36 Å². The minimum absolute atomic E-state index is 0.164. The van der Waals surface area contributed by atoms with Crippen LogP contribution >= 0.6 is 11.6 Å². The van der Waals surface area contributed by atoms with E-state index in [-0.39, 0.29) is 18.1 Å². The smallest absolute Gasteiger partial charge is 0.308 e. The van der Waals surface area contributed by atoms with Crippen molar-refractivity contribution in [2.24, 2.45) is 0 Å². The highest BCUT2D eigenvalue weighted by atomic mass is 35.5. The second-order valence-corrected chi connectivity index (χ2v) is 7.87. The molecule has 6 nitrogen and oxygen atoms in total. The van der Waals surface area contributed by atoms with E-state index in [1.54, 1.807) is 23.0 Å². The van der Waals surface area contributed by atoms with E-state index in [9.17, 15) is 9.18 Å². The highest BCUT2D eigenvalue weighted by molar-refractivity contribution is 6.30. The lowest BCUT2D eigenvalue weighted by molar-refractivity contribution is -0.116. The van der Waals surface area contributed by atoms with E-state index in [1.165, 1.54) is 24.3 Å². The highest BCUT2D eigenvalue weighted by Crippen LogP contribution is 2.29. The predicted molar refractivity (Wildman–Crippen MR) is 125 cm³/mol. The van der Waals surface area contributed by atoms with E-state index in [1.807, 2.05) is 36.4 Å². The molecule has 0 radical (unpaired) electrons. The number of imidazole rings is 1. The molecule has 5 rings (SSSR count). The largest absolute Gasteiger partial charge is 0.427 e. The minimum atomic E-state index is -0.359. The maximum Gasteiger partial charge on any atom is 0.308 e. The third kappa shape index (κ3) is 4.49. The van der Waals surface area contributed by atoms with Crippen LogP contribution in [0.5, 0.6) is 0 Å². The van der Waals surface area contributed by atoms with Crippen LogP contribution < -0.4 is 5.32 Å². The molecule has 3 aromatic carbocycles. The van der Waals surface area contributed by atoms with Crippen LogP contribution in [0.4, 0.5) is 10.1 Å². The van der Waals surface area contributed by atoms with Crippen molar-refractivity contribution >= 4 is 34.2 Å². The number of hydrogen-bond acceptors (Lipinski definition) is 4. The number of carbonyl (C=O) groups excluding carboxylic acids is 1. The molecule has 0 atom stereocenters. The van der Waals surface area contributed by atoms with Gasteiger partial charge in [0.1, 0.15) is 23.6 Å². The van der Waals surface area contributed by atoms with Gasteiger partial charge in [0.05, 0.1) is 11.0 Å². The molecule has 0 unspecified atom stereocenters. The number of nitrogens with zero attached hydrogens (tertiary/aromatic N) is 3. The fourth-order valence-electron chi connectivity index (χ4n) is 3.54. The van der Waals surface area contributed by atoms with Gasteiger partial charge in [0, 0.05) is 29.1 Å². The molecule has 5 aromatic rings. The van der Waals surface area contributed by atoms with Crippen molar-refractivity contribution in [3.8, 4) is 17.3 Å². The van der Waals surface area contributed by atoms with Gasteiger partial charge in [-0.1, -0.05) is 35.9 Å². The van der Waals surface area contributed by atoms with Gasteiger partial charge >= 0.3 is 6.01 Å². The van der Waals surface area contributed by atoms with Crippen LogP contribution in [0.2, 0.25) is 5.02 Å². The quantitative estimate of drug-likeness (QED) is 0.335. The number of benzene rings is 3. The molecular formula is C25H18ClFN4O2. The van der Waals surface area contributed by atoms with E-state index in [0.29, 0.717) is 34.6 Å². The second-order valence-electron chi connectivity index (χ2n) is 7.43. The predicted octanol–water partition coefficient (Wildman–Crippen LogP) is 6.04. The first-order valence-electron chi connectivity index (χ1n) is 10.3. The van der Waals surface area contributed by atoms with Crippen molar-refractivity contribution in [1.29, 1.82) is 0 Å². The first kappa shape index (κ1) is 20.9. The number of amides is 1. The number of aromatic nitrogens is 3. The van der Waals surface area contributed by atoms with Crippen molar-refractivity contribution < 1.29 is 13.6 Å². The Bertz CT molecular complexity index is 1430. The van der Waals surface area contributed by atoms with Crippen LogP contribution in [0, 0.1) is 5.82 Å². The summed E-state index contributed by atoms with van der Waals surface area (Å²) in [5, 5.41) is 3.38. The van der Waals surface area contributed by atoms with Crippen molar-refractivity contribution in [2.75, 3.05) is 5.32 Å². The fourth-order valence-corrected chi connectivity index (χ4v) is 3.67. The molecule has 1 N–H and O–H groups in total. The number of fused-ring (bicyclic) bond motifs is 1. The van der Waals surface area contributed by atoms with Gasteiger partial charge in [-0.2, -0.15) is 4.98 Å². The summed E-state index contributed by atoms with van der Waals surface area (Å²) in [5.41, 5.74) is 3.68. The fraction of sp³-hybridized carbons (Fsp3) is 0.0800. The van der Waals surface area contributed by atoms with Crippen LogP contribution in [0.15, 0.2) is 83.5 Å². The molecule has 0 saturated carbocycles. The molecule has 2 aromatic heterocycles. The Morgan fingerprint density at radius 2 is 1.79 bits per heavy atom. The standard InChI is InChI=1S/C25H18ClFN4O2/c26-17-7-5-16(6-8-17)24-22(13-14-23(32)29-19-11-9-18(27)10-12-19)33-25(30-24)31-15-28-20-3-1-2-4-21(20)31/h1-12,15H,13-14H2,(H,29,32). The number of hydrogen-bond donors (Lipinski definition) is 1. The number of aryl methyl sites for hydroxylation is 1. The van der Waals surface area contributed by atoms with E-state index >= 15 is 0 Å². The van der Waals surface area contributed by atoms with Gasteiger partial charge in [0.15, 0.2) is 0 Å². The molecule has 0 fully saturated rings. The zero-order valence-electron chi connectivity index (χ0n) is 17.3. The van der Waals surface area contributed by atoms with Crippen molar-refractivity contribution in [1.82, 2.24) is 14.5 Å². The lowest BCUT2D eigenvalue weighted by Gasteiger charge is -2.05. The van der Waals surface area contributed by atoms with Crippen LogP contribution in [-0.2, 0) is 11.2 Å². The van der Waals surface area contributed by atoms with Crippen molar-refractivity contribution in [3.05, 3.63) is 95.7 Å². The van der Waals surface area contributed by atoms with Crippen LogP contribution in [-0.4, -0.2) is 20.4 Å². The first-order chi connectivity index (χ1) is 16.1. The Hall–Kier alpha value is -3.97. The summed E-state index contributed by atoms with van der Waals surface area (Å²) in [4.78, 5) is 21.6. The van der Waals surface area contributed by atoms with Gasteiger partial charge in [0.25, 0.3) is 0 Å². The van der Waals surface area contributed by atoms with Crippen LogP contribution in [0.3, 0.4) is 0 Å². The number of halogens is 2. The number of oxazole rings is 1. The van der Waals surface area contributed by atoms with Crippen LogP contribution in [0.1, 0.15) is 12.2 Å². The summed E-state index contributed by atoms with van der Waals surface area (Å²) in [6.45, 7) is 0. The summed E-state index contributed by atoms with van der Waals surface area (Å²) in [7, 11) is 0. The van der Waals surface area contributed by atoms with Gasteiger partial charge in [-0.15, -0.1) is 0 Å². The molecule has 0 aliphatic carbocycles. The summed E-state index contributed by atoms with van der Waals surface area (Å²) in [5.74, 6) is -0.00382. The van der Waals surface area contributed by atoms with Gasteiger partial charge in [-0.05, 0) is 48.5 Å². The molecule has 2 heterocycles. The Labute approximate surface area is 193 Å². The number of carbonyl (C=O) groups is 1. The average molecular weight is 461 g/mol. The number of rotatable bonds is 6. The normalized spacial score (nSPS) is 11.1. The maximum absolute atomic E-state index is 13.1. The Balaban J connectivity index is 1.44. The Kier molecular flexibility index (Phi) is 5.62. The van der Waals surface area contributed by atoms with Crippen molar-refractivity contribution in [2.45, 2.75) is 12.8 Å². The Morgan fingerprint density at radius 3 is 2.58 bits per heavy atom. The summed E-state index contributed by atoms with van der Waals surface area (Å²) in [6.07, 6.45) is 2.15. The second kappa shape index (κ2) is 8.88. The van der Waals surface area contributed by atoms with Gasteiger partial charge < -0.3 is 9.73 Å². The molecule has 0 saturated heterocycles. The molecule has 0 aliphatic rings. The van der Waals surface area contributed by atoms with E-state index < -0.39 is 0 Å². The van der Waals surface area contributed by atoms with E-state index in [4.69, 9.17) is 21.0 Å². The monoisotopic (exact) mass is 460 g/mol. The zero-order chi connectivity index (χ0) is 22.8. The SMILES string of the molecule is O=C(CCc1oc(-n2cnc3ccccc32)nc1-c1ccc(Cl)cc1)Nc1ccc(F)cc1.